The lowest BCUT2D eigenvalue weighted by molar-refractivity contribution is 0.354. The van der Waals surface area contributed by atoms with Crippen LogP contribution >= 0.6 is 0 Å². The molecule has 2 aromatic carbocycles. The molecular formula is C22H23N5. The van der Waals surface area contributed by atoms with Gasteiger partial charge in [-0.05, 0) is 36.4 Å². The number of para-hydroxylation sites is 2. The summed E-state index contributed by atoms with van der Waals surface area (Å²) >= 11 is 0. The maximum absolute atomic E-state index is 4.96. The first-order valence-electron chi connectivity index (χ1n) is 9.27. The van der Waals surface area contributed by atoms with Gasteiger partial charge < -0.3 is 10.2 Å². The molecule has 1 aliphatic heterocycles. The number of hydrogen-bond donors (Lipinski definition) is 1. The van der Waals surface area contributed by atoms with Crippen LogP contribution in [0.25, 0.3) is 0 Å². The van der Waals surface area contributed by atoms with Crippen molar-refractivity contribution in [1.82, 2.24) is 15.2 Å². The Kier molecular flexibility index (Phi) is 5.41. The summed E-state index contributed by atoms with van der Waals surface area (Å²) in [5.74, 6) is 1.61. The highest BCUT2D eigenvalue weighted by Gasteiger charge is 2.23. The third kappa shape index (κ3) is 4.15. The van der Waals surface area contributed by atoms with Crippen molar-refractivity contribution in [2.24, 2.45) is 4.99 Å². The first-order chi connectivity index (χ1) is 13.4. The first-order valence-corrected chi connectivity index (χ1v) is 9.27. The summed E-state index contributed by atoms with van der Waals surface area (Å²) in [7, 11) is 0. The number of anilines is 2. The van der Waals surface area contributed by atoms with E-state index in [1.165, 1.54) is 0 Å². The number of nitrogens with zero attached hydrogens (tertiary/aromatic N) is 4. The molecule has 0 amide bonds. The third-order valence-corrected chi connectivity index (χ3v) is 4.49. The monoisotopic (exact) mass is 357 g/mol. The van der Waals surface area contributed by atoms with Gasteiger partial charge in [0.1, 0.15) is 0 Å². The van der Waals surface area contributed by atoms with Crippen molar-refractivity contribution in [2.45, 2.75) is 0 Å². The number of benzene rings is 2. The molecule has 0 spiro atoms. The van der Waals surface area contributed by atoms with E-state index in [1.54, 1.807) is 6.20 Å². The Bertz CT molecular complexity index is 819. The molecule has 1 aromatic heterocycles. The summed E-state index contributed by atoms with van der Waals surface area (Å²) in [5.41, 5.74) is 2.16. The maximum atomic E-state index is 4.96. The topological polar surface area (TPSA) is 43.8 Å². The zero-order valence-electron chi connectivity index (χ0n) is 15.2. The van der Waals surface area contributed by atoms with Crippen molar-refractivity contribution in [3.8, 4) is 0 Å². The lowest BCUT2D eigenvalue weighted by Crippen LogP contribution is -2.51. The highest BCUT2D eigenvalue weighted by atomic mass is 15.4. The molecule has 4 rings (SSSR count). The zero-order valence-corrected chi connectivity index (χ0v) is 15.2. The zero-order chi connectivity index (χ0) is 18.3. The van der Waals surface area contributed by atoms with E-state index in [4.69, 9.17) is 4.99 Å². The largest absolute Gasteiger partial charge is 0.339 e. The predicted octanol–water partition coefficient (Wildman–Crippen LogP) is 3.81. The second-order valence-corrected chi connectivity index (χ2v) is 6.34. The minimum absolute atomic E-state index is 0.711. The molecule has 136 valence electrons. The van der Waals surface area contributed by atoms with Gasteiger partial charge in [-0.25, -0.2) is 4.98 Å². The van der Waals surface area contributed by atoms with Gasteiger partial charge in [-0.1, -0.05) is 42.5 Å². The van der Waals surface area contributed by atoms with E-state index >= 15 is 0 Å². The standard InChI is InChI=1S/C22H23N5/c1-3-9-19(10-4-1)27(20-11-5-2-6-12-20)22(26-17-15-23-16-18-26)25-21-13-7-8-14-24-21/h1-14,23H,15-18H2. The molecule has 0 bridgehead atoms. The fraction of sp³-hybridized carbons (Fsp3) is 0.182. The van der Waals surface area contributed by atoms with Crippen molar-refractivity contribution in [3.63, 3.8) is 0 Å². The van der Waals surface area contributed by atoms with Crippen molar-refractivity contribution in [3.05, 3.63) is 85.1 Å². The average Bonchev–Trinajstić information content (AvgIpc) is 2.76. The number of guanidine groups is 1. The lowest BCUT2D eigenvalue weighted by Gasteiger charge is -2.36. The summed E-state index contributed by atoms with van der Waals surface area (Å²) in [6.45, 7) is 3.70. The van der Waals surface area contributed by atoms with Crippen LogP contribution in [0, 0.1) is 0 Å². The van der Waals surface area contributed by atoms with Crippen LogP contribution in [-0.2, 0) is 0 Å². The lowest BCUT2D eigenvalue weighted by atomic mass is 10.2. The Morgan fingerprint density at radius 3 is 1.96 bits per heavy atom. The number of aliphatic imine (C=N–C) groups is 1. The van der Waals surface area contributed by atoms with Crippen LogP contribution in [0.3, 0.4) is 0 Å². The quantitative estimate of drug-likeness (QED) is 0.572. The van der Waals surface area contributed by atoms with E-state index in [-0.39, 0.29) is 0 Å². The Morgan fingerprint density at radius 1 is 0.815 bits per heavy atom. The second-order valence-electron chi connectivity index (χ2n) is 6.34. The van der Waals surface area contributed by atoms with Crippen molar-refractivity contribution < 1.29 is 0 Å². The minimum atomic E-state index is 0.711. The van der Waals surface area contributed by atoms with Crippen molar-refractivity contribution >= 4 is 23.2 Å². The average molecular weight is 357 g/mol. The molecule has 0 unspecified atom stereocenters. The van der Waals surface area contributed by atoms with Crippen LogP contribution in [0.1, 0.15) is 0 Å². The Morgan fingerprint density at radius 2 is 1.41 bits per heavy atom. The van der Waals surface area contributed by atoms with Gasteiger partial charge in [0.25, 0.3) is 0 Å². The third-order valence-electron chi connectivity index (χ3n) is 4.49. The SMILES string of the molecule is c1ccc(N(C(=Nc2ccccn2)N2CCNCC2)c2ccccc2)cc1. The first kappa shape index (κ1) is 17.2. The van der Waals surface area contributed by atoms with Gasteiger partial charge >= 0.3 is 0 Å². The molecule has 0 aliphatic carbocycles. The van der Waals surface area contributed by atoms with E-state index in [2.05, 4.69) is 68.6 Å². The fourth-order valence-electron chi connectivity index (χ4n) is 3.18. The van der Waals surface area contributed by atoms with E-state index in [9.17, 15) is 0 Å². The maximum Gasteiger partial charge on any atom is 0.212 e. The Hall–Kier alpha value is -3.18. The molecule has 2 heterocycles. The summed E-state index contributed by atoms with van der Waals surface area (Å²) in [6, 6.07) is 26.6. The highest BCUT2D eigenvalue weighted by Crippen LogP contribution is 2.28. The van der Waals surface area contributed by atoms with E-state index < -0.39 is 0 Å². The molecule has 1 N–H and O–H groups in total. The smallest absolute Gasteiger partial charge is 0.212 e. The molecule has 0 saturated carbocycles. The van der Waals surface area contributed by atoms with E-state index in [0.29, 0.717) is 5.82 Å². The molecule has 1 aliphatic rings. The van der Waals surface area contributed by atoms with Crippen molar-refractivity contribution in [1.29, 1.82) is 0 Å². The minimum Gasteiger partial charge on any atom is -0.339 e. The molecule has 5 nitrogen and oxygen atoms in total. The molecule has 0 radical (unpaired) electrons. The summed E-state index contributed by atoms with van der Waals surface area (Å²) in [4.78, 5) is 13.9. The van der Waals surface area contributed by atoms with Crippen LogP contribution in [0.5, 0.6) is 0 Å². The molecule has 27 heavy (non-hydrogen) atoms. The number of piperazine rings is 1. The van der Waals surface area contributed by atoms with Crippen LogP contribution in [0.2, 0.25) is 0 Å². The second kappa shape index (κ2) is 8.47. The van der Waals surface area contributed by atoms with Crippen LogP contribution in [0.15, 0.2) is 90.1 Å². The van der Waals surface area contributed by atoms with Crippen LogP contribution in [0.4, 0.5) is 17.2 Å². The van der Waals surface area contributed by atoms with Crippen molar-refractivity contribution in [2.75, 3.05) is 31.1 Å². The summed E-state index contributed by atoms with van der Waals surface area (Å²) < 4.78 is 0. The van der Waals surface area contributed by atoms with Gasteiger partial charge in [0.15, 0.2) is 5.82 Å². The summed E-state index contributed by atoms with van der Waals surface area (Å²) in [6.07, 6.45) is 1.78. The Labute approximate surface area is 160 Å². The van der Waals surface area contributed by atoms with E-state index in [1.807, 2.05) is 30.3 Å². The Balaban J connectivity index is 1.84. The van der Waals surface area contributed by atoms with Crippen LogP contribution in [-0.4, -0.2) is 42.0 Å². The number of pyridine rings is 1. The predicted molar refractivity (Wildman–Crippen MR) is 111 cm³/mol. The normalized spacial score (nSPS) is 14.8. The molecule has 1 saturated heterocycles. The fourth-order valence-corrected chi connectivity index (χ4v) is 3.18. The van der Waals surface area contributed by atoms with E-state index in [0.717, 1.165) is 43.5 Å². The number of rotatable bonds is 3. The molecule has 1 fully saturated rings. The number of aromatic nitrogens is 1. The van der Waals surface area contributed by atoms with Gasteiger partial charge in [-0.15, -0.1) is 0 Å². The van der Waals surface area contributed by atoms with Gasteiger partial charge in [-0.2, -0.15) is 4.99 Å². The number of nitrogens with one attached hydrogen (secondary N) is 1. The molecule has 0 atom stereocenters. The van der Waals surface area contributed by atoms with Gasteiger partial charge in [-0.3, -0.25) is 4.90 Å². The summed E-state index contributed by atoms with van der Waals surface area (Å²) in [5, 5.41) is 3.42. The van der Waals surface area contributed by atoms with Gasteiger partial charge in [0, 0.05) is 43.8 Å². The molecule has 5 heteroatoms. The number of hydrogen-bond acceptors (Lipinski definition) is 3. The van der Waals surface area contributed by atoms with Crippen LogP contribution < -0.4 is 10.2 Å². The van der Waals surface area contributed by atoms with Gasteiger partial charge in [0.05, 0.1) is 0 Å². The van der Waals surface area contributed by atoms with Gasteiger partial charge in [0.2, 0.25) is 5.96 Å². The molecular weight excluding hydrogens is 334 g/mol. The molecule has 3 aromatic rings. The highest BCUT2D eigenvalue weighted by molar-refractivity contribution is 6.03.